The van der Waals surface area contributed by atoms with E-state index in [0.29, 0.717) is 19.3 Å². The Labute approximate surface area is 426 Å². The van der Waals surface area contributed by atoms with E-state index in [1.807, 2.05) is 0 Å². The molecule has 0 spiro atoms. The van der Waals surface area contributed by atoms with Crippen LogP contribution in [0.3, 0.4) is 0 Å². The molecule has 6 heteroatoms. The summed E-state index contributed by atoms with van der Waals surface area (Å²) < 4.78 is 16.8. The Morgan fingerprint density at radius 3 is 0.971 bits per heavy atom. The van der Waals surface area contributed by atoms with Crippen LogP contribution in [0.5, 0.6) is 0 Å². The maximum Gasteiger partial charge on any atom is 0.306 e. The number of hydrogen-bond acceptors (Lipinski definition) is 6. The highest BCUT2D eigenvalue weighted by Crippen LogP contribution is 2.14. The van der Waals surface area contributed by atoms with E-state index in [9.17, 15) is 14.4 Å². The van der Waals surface area contributed by atoms with Gasteiger partial charge in [0.25, 0.3) is 0 Å². The Balaban J connectivity index is 4.49. The lowest BCUT2D eigenvalue weighted by molar-refractivity contribution is -0.167. The fraction of sp³-hybridized carbons (Fsp3) is 0.698. The zero-order valence-electron chi connectivity index (χ0n) is 45.0. The van der Waals surface area contributed by atoms with Gasteiger partial charge in [-0.25, -0.2) is 0 Å². The monoisotopic (exact) mass is 959 g/mol. The minimum atomic E-state index is -0.816. The number of esters is 3. The second-order valence-electron chi connectivity index (χ2n) is 18.8. The predicted octanol–water partition coefficient (Wildman–Crippen LogP) is 19.3. The largest absolute Gasteiger partial charge is 0.462 e. The van der Waals surface area contributed by atoms with Crippen LogP contribution in [-0.2, 0) is 28.6 Å². The molecule has 6 nitrogen and oxygen atoms in total. The van der Waals surface area contributed by atoms with E-state index >= 15 is 0 Å². The van der Waals surface area contributed by atoms with Gasteiger partial charge in [-0.2, -0.15) is 0 Å². The van der Waals surface area contributed by atoms with Crippen molar-refractivity contribution in [3.63, 3.8) is 0 Å². The predicted molar refractivity (Wildman–Crippen MR) is 297 cm³/mol. The van der Waals surface area contributed by atoms with Gasteiger partial charge >= 0.3 is 17.9 Å². The maximum absolute atomic E-state index is 12.8. The molecular weight excluding hydrogens is 853 g/mol. The quantitative estimate of drug-likeness (QED) is 0.0262. The van der Waals surface area contributed by atoms with Crippen molar-refractivity contribution in [1.82, 2.24) is 0 Å². The first kappa shape index (κ1) is 65.3. The van der Waals surface area contributed by atoms with Gasteiger partial charge in [0, 0.05) is 19.3 Å². The van der Waals surface area contributed by atoms with Gasteiger partial charge in [-0.3, -0.25) is 14.4 Å². The van der Waals surface area contributed by atoms with E-state index < -0.39 is 6.10 Å². The van der Waals surface area contributed by atoms with Crippen molar-refractivity contribution < 1.29 is 28.6 Å². The third-order valence-corrected chi connectivity index (χ3v) is 12.0. The minimum Gasteiger partial charge on any atom is -0.462 e. The zero-order valence-corrected chi connectivity index (χ0v) is 45.0. The third-order valence-electron chi connectivity index (χ3n) is 12.0. The van der Waals surface area contributed by atoms with Crippen LogP contribution in [0, 0.1) is 0 Å². The van der Waals surface area contributed by atoms with Gasteiger partial charge in [0.05, 0.1) is 0 Å². The minimum absolute atomic E-state index is 0.108. The molecule has 0 N–H and O–H groups in total. The molecule has 394 valence electrons. The van der Waals surface area contributed by atoms with Gasteiger partial charge in [-0.05, 0) is 116 Å². The summed E-state index contributed by atoms with van der Waals surface area (Å²) in [6, 6.07) is 0. The van der Waals surface area contributed by atoms with Gasteiger partial charge < -0.3 is 14.2 Å². The molecule has 0 aliphatic rings. The Morgan fingerprint density at radius 1 is 0.304 bits per heavy atom. The summed E-state index contributed by atoms with van der Waals surface area (Å²) in [6.45, 7) is 6.44. The molecule has 0 amide bonds. The topological polar surface area (TPSA) is 78.9 Å². The molecule has 0 radical (unpaired) electrons. The highest BCUT2D eigenvalue weighted by Gasteiger charge is 2.19. The lowest BCUT2D eigenvalue weighted by Crippen LogP contribution is -2.30. The van der Waals surface area contributed by atoms with Crippen LogP contribution in [0.2, 0.25) is 0 Å². The summed E-state index contributed by atoms with van der Waals surface area (Å²) >= 11 is 0. The molecule has 0 bridgehead atoms. The van der Waals surface area contributed by atoms with Crippen molar-refractivity contribution in [2.75, 3.05) is 13.2 Å². The molecular formula is C63H106O6. The van der Waals surface area contributed by atoms with Crippen LogP contribution in [0.4, 0.5) is 0 Å². The molecule has 0 rings (SSSR count). The Hall–Kier alpha value is -3.67. The van der Waals surface area contributed by atoms with E-state index in [1.54, 1.807) is 0 Å². The average Bonchev–Trinajstić information content (AvgIpc) is 3.35. The van der Waals surface area contributed by atoms with Gasteiger partial charge in [-0.1, -0.05) is 227 Å². The molecule has 69 heavy (non-hydrogen) atoms. The third kappa shape index (κ3) is 55.1. The molecule has 0 aromatic heterocycles. The van der Waals surface area contributed by atoms with Crippen LogP contribution < -0.4 is 0 Å². The number of hydrogen-bond donors (Lipinski definition) is 0. The SMILES string of the molecule is CC/C=C\C/C=C\C/C=C\CCCCCCCC(=O)OC[C@H](COC(=O)CCCCCCCCC/C=C\CCCCCCCCCC)OC(=O)CCC/C=C\C/C=C\C/C=C\C/C=C\CCCCC. The van der Waals surface area contributed by atoms with Crippen molar-refractivity contribution in [3.8, 4) is 0 Å². The molecule has 0 heterocycles. The average molecular weight is 960 g/mol. The first-order valence-corrected chi connectivity index (χ1v) is 28.7. The summed E-state index contributed by atoms with van der Waals surface area (Å²) in [4.78, 5) is 38.1. The highest BCUT2D eigenvalue weighted by atomic mass is 16.6. The van der Waals surface area contributed by atoms with Crippen molar-refractivity contribution >= 4 is 17.9 Å². The summed E-state index contributed by atoms with van der Waals surface area (Å²) in [6.07, 6.45) is 75.4. The molecule has 0 aliphatic heterocycles. The summed E-state index contributed by atoms with van der Waals surface area (Å²) in [5.41, 5.74) is 0. The van der Waals surface area contributed by atoms with E-state index in [1.165, 1.54) is 116 Å². The van der Waals surface area contributed by atoms with E-state index in [0.717, 1.165) is 103 Å². The second kappa shape index (κ2) is 56.9. The van der Waals surface area contributed by atoms with Gasteiger partial charge in [0.15, 0.2) is 6.10 Å². The molecule has 0 unspecified atom stereocenters. The van der Waals surface area contributed by atoms with Gasteiger partial charge in [-0.15, -0.1) is 0 Å². The first-order chi connectivity index (χ1) is 34.0. The fourth-order valence-corrected chi connectivity index (χ4v) is 7.74. The van der Waals surface area contributed by atoms with Crippen molar-refractivity contribution in [2.45, 2.75) is 271 Å². The van der Waals surface area contributed by atoms with Crippen LogP contribution >= 0.6 is 0 Å². The number of unbranched alkanes of at least 4 members (excludes halogenated alkanes) is 24. The van der Waals surface area contributed by atoms with Crippen molar-refractivity contribution in [3.05, 3.63) is 97.2 Å². The van der Waals surface area contributed by atoms with E-state index in [2.05, 4.69) is 118 Å². The smallest absolute Gasteiger partial charge is 0.306 e. The molecule has 0 fully saturated rings. The van der Waals surface area contributed by atoms with E-state index in [4.69, 9.17) is 14.2 Å². The molecule has 0 aliphatic carbocycles. The lowest BCUT2D eigenvalue weighted by Gasteiger charge is -2.18. The van der Waals surface area contributed by atoms with Crippen LogP contribution in [-0.4, -0.2) is 37.2 Å². The second-order valence-corrected chi connectivity index (χ2v) is 18.8. The number of allylic oxidation sites excluding steroid dienone is 16. The Morgan fingerprint density at radius 2 is 0.580 bits per heavy atom. The van der Waals surface area contributed by atoms with Crippen LogP contribution in [0.1, 0.15) is 265 Å². The van der Waals surface area contributed by atoms with Gasteiger partial charge in [0.1, 0.15) is 13.2 Å². The zero-order chi connectivity index (χ0) is 50.0. The number of carbonyl (C=O) groups is 3. The normalized spacial score (nSPS) is 12.8. The number of rotatable bonds is 51. The maximum atomic E-state index is 12.8. The Kier molecular flexibility index (Phi) is 53.9. The first-order valence-electron chi connectivity index (χ1n) is 28.7. The summed E-state index contributed by atoms with van der Waals surface area (Å²) in [7, 11) is 0. The number of carbonyl (C=O) groups excluding carboxylic acids is 3. The van der Waals surface area contributed by atoms with E-state index in [-0.39, 0.29) is 37.5 Å². The number of ether oxygens (including phenoxy) is 3. The fourth-order valence-electron chi connectivity index (χ4n) is 7.74. The molecule has 1 atom stereocenters. The van der Waals surface area contributed by atoms with Crippen molar-refractivity contribution in [2.24, 2.45) is 0 Å². The lowest BCUT2D eigenvalue weighted by atomic mass is 10.1. The van der Waals surface area contributed by atoms with Crippen LogP contribution in [0.15, 0.2) is 97.2 Å². The summed E-state index contributed by atoms with van der Waals surface area (Å²) in [5, 5.41) is 0. The summed E-state index contributed by atoms with van der Waals surface area (Å²) in [5.74, 6) is -0.983. The molecule has 0 saturated carbocycles. The standard InChI is InChI=1S/C63H106O6/c1-4-7-10-13-16-19-22-25-28-30-31-33-35-38-41-44-47-50-53-56-62(65)68-59-60(58-67-61(64)55-52-49-46-43-40-37-34-27-24-21-18-15-12-9-6-3)69-63(66)57-54-51-48-45-42-39-36-32-29-26-23-20-17-14-11-8-5-2/h9,12,17-18,20-21,26-27,29-31,34,36,39,45,48,60H,4-8,10-11,13-16,19,22-25,28,32-33,35,37-38,40-44,46-47,49-59H2,1-3H3/b12-9-,20-17-,21-18-,29-26-,31-30-,34-27-,39-36-,48-45-/t60-/m1/s1. The molecule has 0 aromatic carbocycles. The van der Waals surface area contributed by atoms with Crippen LogP contribution in [0.25, 0.3) is 0 Å². The molecule has 0 saturated heterocycles. The highest BCUT2D eigenvalue weighted by molar-refractivity contribution is 5.71. The van der Waals surface area contributed by atoms with Gasteiger partial charge in [0.2, 0.25) is 0 Å². The molecule has 0 aromatic rings. The van der Waals surface area contributed by atoms with Crippen molar-refractivity contribution in [1.29, 1.82) is 0 Å². The Bertz CT molecular complexity index is 1380.